The summed E-state index contributed by atoms with van der Waals surface area (Å²) in [5.74, 6) is -1.16. The topological polar surface area (TPSA) is 65.1 Å². The van der Waals surface area contributed by atoms with Gasteiger partial charge in [-0.25, -0.2) is 0 Å². The lowest BCUT2D eigenvalue weighted by Crippen LogP contribution is -2.68. The molecule has 3 aromatic rings. The summed E-state index contributed by atoms with van der Waals surface area (Å²) < 4.78 is 17.8. The van der Waals surface area contributed by atoms with Crippen LogP contribution in [0.3, 0.4) is 0 Å². The third kappa shape index (κ3) is 4.53. The van der Waals surface area contributed by atoms with Crippen LogP contribution in [0, 0.1) is 26.2 Å². The van der Waals surface area contributed by atoms with Gasteiger partial charge in [0.25, 0.3) is 0 Å². The van der Waals surface area contributed by atoms with Crippen LogP contribution < -0.4 is 4.90 Å². The standard InChI is InChI=1S/C36H41NO5/c1-7-20-35-30(42-23-28-24(2)13-11-14-25(28)3)19-21-36(33(38)40-5,34(39)41-6)32(35)37(22-27-16-9-8-10-17-27)29-18-12-15-26(4)31(29)35/h7-18,30,32H,1,19-23H2,2-6H3/t30-,32-,35+/m1/s1. The number of benzene rings is 3. The van der Waals surface area contributed by atoms with Gasteiger partial charge in [0, 0.05) is 17.6 Å². The molecule has 0 saturated heterocycles. The Balaban J connectivity index is 1.76. The van der Waals surface area contributed by atoms with Gasteiger partial charge in [-0.1, -0.05) is 66.7 Å². The molecule has 1 heterocycles. The van der Waals surface area contributed by atoms with Crippen LogP contribution >= 0.6 is 0 Å². The first-order valence-electron chi connectivity index (χ1n) is 14.6. The van der Waals surface area contributed by atoms with E-state index in [0.717, 1.165) is 27.9 Å². The van der Waals surface area contributed by atoms with Crippen molar-refractivity contribution >= 4 is 17.6 Å². The SMILES string of the molecule is C=CC[C@]12c3c(C)cccc3N(Cc3ccccc3)[C@H]1C(C(=O)OC)(C(=O)OC)CC[C@H]2OCc1c(C)cccc1C. The molecule has 1 saturated carbocycles. The first-order chi connectivity index (χ1) is 20.3. The number of fused-ring (bicyclic) bond motifs is 3. The van der Waals surface area contributed by atoms with Crippen molar-refractivity contribution in [3.8, 4) is 0 Å². The number of allylic oxidation sites excluding steroid dienone is 1. The Morgan fingerprint density at radius 2 is 1.52 bits per heavy atom. The summed E-state index contributed by atoms with van der Waals surface area (Å²) in [5, 5.41) is 0. The van der Waals surface area contributed by atoms with Crippen molar-refractivity contribution in [3.63, 3.8) is 0 Å². The average molecular weight is 568 g/mol. The van der Waals surface area contributed by atoms with Crippen molar-refractivity contribution in [3.05, 3.63) is 113 Å². The molecule has 0 spiro atoms. The van der Waals surface area contributed by atoms with E-state index < -0.39 is 28.8 Å². The zero-order valence-corrected chi connectivity index (χ0v) is 25.3. The van der Waals surface area contributed by atoms with Crippen LogP contribution in [0.1, 0.15) is 52.6 Å². The van der Waals surface area contributed by atoms with Crippen LogP contribution in [0.2, 0.25) is 0 Å². The van der Waals surface area contributed by atoms with Gasteiger partial charge < -0.3 is 19.1 Å². The maximum Gasteiger partial charge on any atom is 0.325 e. The minimum absolute atomic E-state index is 0.242. The lowest BCUT2D eigenvalue weighted by molar-refractivity contribution is -0.181. The zero-order valence-electron chi connectivity index (χ0n) is 25.3. The van der Waals surface area contributed by atoms with E-state index in [1.165, 1.54) is 25.3 Å². The molecule has 0 N–H and O–H groups in total. The molecular weight excluding hydrogens is 526 g/mol. The fourth-order valence-corrected chi connectivity index (χ4v) is 7.76. The molecule has 2 aliphatic rings. The molecule has 0 radical (unpaired) electrons. The highest BCUT2D eigenvalue weighted by Gasteiger charge is 2.71. The molecule has 0 bridgehead atoms. The summed E-state index contributed by atoms with van der Waals surface area (Å²) in [7, 11) is 2.70. The number of aryl methyl sites for hydroxylation is 3. The second-order valence-electron chi connectivity index (χ2n) is 11.7. The second-order valence-corrected chi connectivity index (χ2v) is 11.7. The van der Waals surface area contributed by atoms with Crippen LogP contribution in [-0.2, 0) is 42.4 Å². The molecule has 220 valence electrons. The summed E-state index contributed by atoms with van der Waals surface area (Å²) in [6.07, 6.45) is 2.82. The molecule has 5 rings (SSSR count). The van der Waals surface area contributed by atoms with Crippen molar-refractivity contribution in [2.45, 2.75) is 70.7 Å². The minimum Gasteiger partial charge on any atom is -0.468 e. The third-order valence-electron chi connectivity index (χ3n) is 9.52. The van der Waals surface area contributed by atoms with Gasteiger partial charge in [0.05, 0.1) is 33.0 Å². The maximum atomic E-state index is 14.0. The number of hydrogen-bond donors (Lipinski definition) is 0. The van der Waals surface area contributed by atoms with Gasteiger partial charge in [-0.2, -0.15) is 0 Å². The summed E-state index contributed by atoms with van der Waals surface area (Å²) >= 11 is 0. The number of rotatable bonds is 9. The van der Waals surface area contributed by atoms with E-state index >= 15 is 0 Å². The van der Waals surface area contributed by atoms with Crippen LogP contribution in [0.4, 0.5) is 5.69 Å². The summed E-state index contributed by atoms with van der Waals surface area (Å²) in [6.45, 7) is 11.4. The highest BCUT2D eigenvalue weighted by Crippen LogP contribution is 2.62. The van der Waals surface area contributed by atoms with Crippen molar-refractivity contribution in [2.24, 2.45) is 5.41 Å². The van der Waals surface area contributed by atoms with Gasteiger partial charge in [-0.15, -0.1) is 6.58 Å². The predicted octanol–water partition coefficient (Wildman–Crippen LogP) is 6.53. The first kappa shape index (κ1) is 29.6. The van der Waals surface area contributed by atoms with Crippen molar-refractivity contribution < 1.29 is 23.8 Å². The number of carbonyl (C=O) groups is 2. The van der Waals surface area contributed by atoms with Gasteiger partial charge in [0.2, 0.25) is 0 Å². The van der Waals surface area contributed by atoms with Crippen molar-refractivity contribution in [2.75, 3.05) is 19.1 Å². The van der Waals surface area contributed by atoms with Crippen LogP contribution in [0.5, 0.6) is 0 Å². The molecule has 0 aromatic heterocycles. The Hall–Kier alpha value is -3.90. The fraction of sp³-hybridized carbons (Fsp3) is 0.389. The smallest absolute Gasteiger partial charge is 0.325 e. The molecule has 3 aromatic carbocycles. The van der Waals surface area contributed by atoms with Crippen LogP contribution in [0.25, 0.3) is 0 Å². The minimum atomic E-state index is -1.56. The Labute approximate surface area is 249 Å². The number of hydrogen-bond acceptors (Lipinski definition) is 6. The van der Waals surface area contributed by atoms with Crippen LogP contribution in [0.15, 0.2) is 79.4 Å². The molecule has 1 aliphatic carbocycles. The Morgan fingerprint density at radius 1 is 0.905 bits per heavy atom. The zero-order chi connectivity index (χ0) is 30.1. The van der Waals surface area contributed by atoms with E-state index in [1.807, 2.05) is 30.3 Å². The predicted molar refractivity (Wildman–Crippen MR) is 164 cm³/mol. The normalized spacial score (nSPS) is 22.2. The van der Waals surface area contributed by atoms with E-state index in [0.29, 0.717) is 26.0 Å². The lowest BCUT2D eigenvalue weighted by Gasteiger charge is -2.54. The quantitative estimate of drug-likeness (QED) is 0.167. The van der Waals surface area contributed by atoms with Crippen molar-refractivity contribution in [1.82, 2.24) is 0 Å². The second kappa shape index (κ2) is 11.8. The maximum absolute atomic E-state index is 14.0. The Morgan fingerprint density at radius 3 is 2.14 bits per heavy atom. The highest BCUT2D eigenvalue weighted by atomic mass is 16.5. The average Bonchev–Trinajstić information content (AvgIpc) is 3.28. The van der Waals surface area contributed by atoms with Crippen LogP contribution in [-0.4, -0.2) is 38.3 Å². The number of esters is 2. The largest absolute Gasteiger partial charge is 0.468 e. The summed E-state index contributed by atoms with van der Waals surface area (Å²) in [5.41, 5.74) is 5.41. The van der Waals surface area contributed by atoms with Gasteiger partial charge in [-0.3, -0.25) is 9.59 Å². The molecule has 0 unspecified atom stereocenters. The molecule has 0 amide bonds. The number of methoxy groups -OCH3 is 2. The van der Waals surface area contributed by atoms with E-state index in [1.54, 1.807) is 0 Å². The van der Waals surface area contributed by atoms with Crippen molar-refractivity contribution in [1.29, 1.82) is 0 Å². The first-order valence-corrected chi connectivity index (χ1v) is 14.6. The Kier molecular flexibility index (Phi) is 8.29. The molecule has 3 atom stereocenters. The molecule has 6 heteroatoms. The lowest BCUT2D eigenvalue weighted by atomic mass is 9.54. The number of anilines is 1. The monoisotopic (exact) mass is 567 g/mol. The molecule has 1 aliphatic heterocycles. The van der Waals surface area contributed by atoms with E-state index in [4.69, 9.17) is 14.2 Å². The Bertz CT molecular complexity index is 1450. The number of carbonyl (C=O) groups excluding carboxylic acids is 2. The summed E-state index contributed by atoms with van der Waals surface area (Å²) in [4.78, 5) is 30.2. The van der Waals surface area contributed by atoms with Gasteiger partial charge >= 0.3 is 11.9 Å². The fourth-order valence-electron chi connectivity index (χ4n) is 7.76. The molecular formula is C36H41NO5. The van der Waals surface area contributed by atoms with Gasteiger partial charge in [0.15, 0.2) is 5.41 Å². The van der Waals surface area contributed by atoms with E-state index in [-0.39, 0.29) is 12.5 Å². The molecule has 1 fully saturated rings. The third-order valence-corrected chi connectivity index (χ3v) is 9.52. The van der Waals surface area contributed by atoms with E-state index in [2.05, 4.69) is 74.7 Å². The summed E-state index contributed by atoms with van der Waals surface area (Å²) in [6, 6.07) is 22.0. The van der Waals surface area contributed by atoms with E-state index in [9.17, 15) is 9.59 Å². The molecule has 6 nitrogen and oxygen atoms in total. The number of ether oxygens (including phenoxy) is 3. The van der Waals surface area contributed by atoms with Gasteiger partial charge in [-0.05, 0) is 79.5 Å². The van der Waals surface area contributed by atoms with Gasteiger partial charge in [0.1, 0.15) is 0 Å². The number of nitrogens with zero attached hydrogens (tertiary/aromatic N) is 1. The highest BCUT2D eigenvalue weighted by molar-refractivity contribution is 6.03. The molecule has 42 heavy (non-hydrogen) atoms.